The van der Waals surface area contributed by atoms with Crippen LogP contribution < -0.4 is 4.57 Å². The van der Waals surface area contributed by atoms with Crippen molar-refractivity contribution in [2.45, 2.75) is 6.92 Å². The van der Waals surface area contributed by atoms with Gasteiger partial charge in [-0.3, -0.25) is 4.98 Å². The van der Waals surface area contributed by atoms with Crippen LogP contribution in [0.3, 0.4) is 0 Å². The summed E-state index contributed by atoms with van der Waals surface area (Å²) in [4.78, 5) is 8.27. The minimum absolute atomic E-state index is 1.17. The first kappa shape index (κ1) is 10.8. The third-order valence-corrected chi connectivity index (χ3v) is 3.30. The second kappa shape index (κ2) is 4.18. The average molecular weight is 236 g/mol. The number of hydrogen-bond donors (Lipinski definition) is 0. The van der Waals surface area contributed by atoms with Gasteiger partial charge in [0, 0.05) is 29.4 Å². The lowest BCUT2D eigenvalue weighted by atomic mass is 9.99. The van der Waals surface area contributed by atoms with Gasteiger partial charge >= 0.3 is 0 Å². The molecule has 0 saturated heterocycles. The van der Waals surface area contributed by atoms with E-state index in [1.54, 1.807) is 0 Å². The highest BCUT2D eigenvalue weighted by Gasteiger charge is 2.11. The maximum absolute atomic E-state index is 4.16. The Morgan fingerprint density at radius 3 is 2.67 bits per heavy atom. The lowest BCUT2D eigenvalue weighted by molar-refractivity contribution is -0.663. The van der Waals surface area contributed by atoms with Crippen molar-refractivity contribution in [3.8, 4) is 11.3 Å². The monoisotopic (exact) mass is 236 g/mol. The van der Waals surface area contributed by atoms with Gasteiger partial charge in [0.25, 0.3) is 6.33 Å². The van der Waals surface area contributed by atoms with Gasteiger partial charge in [-0.15, -0.1) is 0 Å². The predicted molar refractivity (Wildman–Crippen MR) is 70.9 cm³/mol. The molecule has 0 fully saturated rings. The molecule has 0 atom stereocenters. The van der Waals surface area contributed by atoms with E-state index in [-0.39, 0.29) is 0 Å². The van der Waals surface area contributed by atoms with Crippen LogP contribution in [0.4, 0.5) is 0 Å². The van der Waals surface area contributed by atoms with Crippen molar-refractivity contribution in [3.05, 3.63) is 54.7 Å². The second-order valence-corrected chi connectivity index (χ2v) is 4.41. The standard InChI is InChI=1S/C15H14N3/c1-11-13-5-7-16-9-12(13)3-4-14(11)15-6-8-17-10-18(15)2/h3-10H,1-2H3/q+1. The lowest BCUT2D eigenvalue weighted by Crippen LogP contribution is -2.31. The Balaban J connectivity index is 2.31. The fourth-order valence-corrected chi connectivity index (χ4v) is 2.31. The van der Waals surface area contributed by atoms with Gasteiger partial charge in [0.2, 0.25) is 0 Å². The fourth-order valence-electron chi connectivity index (χ4n) is 2.31. The van der Waals surface area contributed by atoms with Crippen LogP contribution in [0.25, 0.3) is 22.0 Å². The first-order valence-electron chi connectivity index (χ1n) is 5.91. The summed E-state index contributed by atoms with van der Waals surface area (Å²) in [6.07, 6.45) is 7.39. The van der Waals surface area contributed by atoms with Crippen LogP contribution in [-0.4, -0.2) is 9.97 Å². The van der Waals surface area contributed by atoms with Crippen molar-refractivity contribution < 1.29 is 4.57 Å². The molecule has 1 aromatic carbocycles. The molecule has 0 aliphatic heterocycles. The molecule has 3 aromatic rings. The number of nitrogens with zero attached hydrogens (tertiary/aromatic N) is 3. The molecule has 0 unspecified atom stereocenters. The van der Waals surface area contributed by atoms with Gasteiger partial charge in [-0.1, -0.05) is 11.1 Å². The van der Waals surface area contributed by atoms with Crippen molar-refractivity contribution in [2.24, 2.45) is 7.05 Å². The first-order chi connectivity index (χ1) is 8.77. The zero-order chi connectivity index (χ0) is 12.5. The van der Waals surface area contributed by atoms with Crippen LogP contribution in [0.5, 0.6) is 0 Å². The first-order valence-corrected chi connectivity index (χ1v) is 5.91. The number of aryl methyl sites for hydroxylation is 2. The summed E-state index contributed by atoms with van der Waals surface area (Å²) in [6.45, 7) is 2.15. The van der Waals surface area contributed by atoms with E-state index in [4.69, 9.17) is 0 Å². The van der Waals surface area contributed by atoms with Crippen molar-refractivity contribution in [1.82, 2.24) is 9.97 Å². The Bertz CT molecular complexity index is 720. The molecule has 2 aromatic heterocycles. The van der Waals surface area contributed by atoms with Gasteiger partial charge < -0.3 is 0 Å². The molecule has 88 valence electrons. The predicted octanol–water partition coefficient (Wildman–Crippen LogP) is 2.43. The van der Waals surface area contributed by atoms with Gasteiger partial charge in [-0.05, 0) is 30.0 Å². The van der Waals surface area contributed by atoms with E-state index in [0.717, 1.165) is 0 Å². The number of hydrogen-bond acceptors (Lipinski definition) is 2. The van der Waals surface area contributed by atoms with Crippen LogP contribution in [-0.2, 0) is 7.05 Å². The van der Waals surface area contributed by atoms with Gasteiger partial charge in [0.15, 0.2) is 0 Å². The molecule has 3 rings (SSSR count). The zero-order valence-corrected chi connectivity index (χ0v) is 10.5. The summed E-state index contributed by atoms with van der Waals surface area (Å²) in [6, 6.07) is 8.37. The van der Waals surface area contributed by atoms with Gasteiger partial charge in [0.1, 0.15) is 11.9 Å². The molecule has 3 nitrogen and oxygen atoms in total. The number of benzene rings is 1. The van der Waals surface area contributed by atoms with E-state index in [1.807, 2.05) is 42.6 Å². The van der Waals surface area contributed by atoms with Gasteiger partial charge in [0.05, 0.1) is 7.05 Å². The fraction of sp³-hybridized carbons (Fsp3) is 0.133. The largest absolute Gasteiger partial charge is 0.286 e. The van der Waals surface area contributed by atoms with Crippen molar-refractivity contribution in [2.75, 3.05) is 0 Å². The van der Waals surface area contributed by atoms with Crippen molar-refractivity contribution in [3.63, 3.8) is 0 Å². The van der Waals surface area contributed by atoms with Crippen LogP contribution in [0, 0.1) is 6.92 Å². The van der Waals surface area contributed by atoms with E-state index >= 15 is 0 Å². The number of pyridine rings is 1. The maximum Gasteiger partial charge on any atom is 0.286 e. The highest BCUT2D eigenvalue weighted by molar-refractivity contribution is 5.89. The molecular weight excluding hydrogens is 222 g/mol. The Hall–Kier alpha value is -2.29. The van der Waals surface area contributed by atoms with E-state index < -0.39 is 0 Å². The maximum atomic E-state index is 4.16. The molecule has 0 aliphatic carbocycles. The molecule has 0 bridgehead atoms. The SMILES string of the molecule is Cc1c(-c2ccnc[n+]2C)ccc2cnccc12. The molecule has 0 spiro atoms. The third kappa shape index (κ3) is 1.64. The van der Waals surface area contributed by atoms with E-state index in [2.05, 4.69) is 35.1 Å². The lowest BCUT2D eigenvalue weighted by Gasteiger charge is -2.08. The number of aromatic nitrogens is 3. The summed E-state index contributed by atoms with van der Waals surface area (Å²) >= 11 is 0. The Labute approximate surface area is 106 Å². The van der Waals surface area contributed by atoms with Crippen LogP contribution in [0.1, 0.15) is 5.56 Å². The smallest absolute Gasteiger partial charge is 0.264 e. The Kier molecular flexibility index (Phi) is 2.52. The van der Waals surface area contributed by atoms with Gasteiger partial charge in [-0.2, -0.15) is 0 Å². The minimum Gasteiger partial charge on any atom is -0.264 e. The number of rotatable bonds is 1. The molecule has 0 aliphatic rings. The average Bonchev–Trinajstić information content (AvgIpc) is 2.41. The summed E-state index contributed by atoms with van der Waals surface area (Å²) in [5.74, 6) is 0. The molecule has 2 heterocycles. The molecule has 0 amide bonds. The molecule has 3 heteroatoms. The second-order valence-electron chi connectivity index (χ2n) is 4.41. The summed E-state index contributed by atoms with van der Waals surface area (Å²) in [7, 11) is 2.01. The Morgan fingerprint density at radius 1 is 1.00 bits per heavy atom. The van der Waals surface area contributed by atoms with Crippen LogP contribution >= 0.6 is 0 Å². The third-order valence-electron chi connectivity index (χ3n) is 3.30. The van der Waals surface area contributed by atoms with Gasteiger partial charge in [-0.25, -0.2) is 4.57 Å². The summed E-state index contributed by atoms with van der Waals surface area (Å²) in [5.41, 5.74) is 3.68. The normalized spacial score (nSPS) is 10.8. The van der Waals surface area contributed by atoms with E-state index in [9.17, 15) is 0 Å². The quantitative estimate of drug-likeness (QED) is 0.607. The highest BCUT2D eigenvalue weighted by Crippen LogP contribution is 2.26. The molecule has 0 saturated carbocycles. The summed E-state index contributed by atoms with van der Waals surface area (Å²) in [5, 5.41) is 2.43. The Morgan fingerprint density at radius 2 is 1.83 bits per heavy atom. The molecule has 0 radical (unpaired) electrons. The van der Waals surface area contributed by atoms with Crippen molar-refractivity contribution in [1.29, 1.82) is 0 Å². The number of fused-ring (bicyclic) bond motifs is 1. The molecule has 0 N–H and O–H groups in total. The zero-order valence-electron chi connectivity index (χ0n) is 10.5. The topological polar surface area (TPSA) is 29.7 Å². The highest BCUT2D eigenvalue weighted by atomic mass is 15.0. The minimum atomic E-state index is 1.17. The van der Waals surface area contributed by atoms with E-state index in [1.165, 1.54) is 27.6 Å². The summed E-state index contributed by atoms with van der Waals surface area (Å²) < 4.78 is 2.04. The van der Waals surface area contributed by atoms with E-state index in [0.29, 0.717) is 0 Å². The molecule has 18 heavy (non-hydrogen) atoms. The van der Waals surface area contributed by atoms with Crippen molar-refractivity contribution >= 4 is 10.8 Å². The molecular formula is C15H14N3+. The van der Waals surface area contributed by atoms with Crippen LogP contribution in [0.2, 0.25) is 0 Å². The van der Waals surface area contributed by atoms with Crippen LogP contribution in [0.15, 0.2) is 49.2 Å².